The van der Waals surface area contributed by atoms with Crippen LogP contribution in [-0.4, -0.2) is 142 Å². The number of carbonyl (C=O) groups is 6. The van der Waals surface area contributed by atoms with E-state index in [1.54, 1.807) is 39.5 Å². The number of hydrogen-bond donors (Lipinski definition) is 11. The Kier molecular flexibility index (Phi) is 15.6. The van der Waals surface area contributed by atoms with Crippen LogP contribution in [0.15, 0.2) is 6.07 Å². The first-order chi connectivity index (χ1) is 25.5. The second-order valence-electron chi connectivity index (χ2n) is 13.1. The quantitative estimate of drug-likeness (QED) is 0.0969. The summed E-state index contributed by atoms with van der Waals surface area (Å²) in [5, 5.41) is 69.5. The fraction of sp³-hybridized carbons (Fsp3) is 0.500. The fourth-order valence-corrected chi connectivity index (χ4v) is 6.43. The van der Waals surface area contributed by atoms with Crippen molar-refractivity contribution >= 4 is 46.8 Å². The van der Waals surface area contributed by atoms with Crippen molar-refractivity contribution in [1.82, 2.24) is 20.9 Å². The van der Waals surface area contributed by atoms with E-state index in [2.05, 4.69) is 26.6 Å². The number of nitrogens with one attached hydrogen (secondary N) is 5. The molecule has 1 fully saturated rings. The maximum absolute atomic E-state index is 14.1. The van der Waals surface area contributed by atoms with Crippen molar-refractivity contribution in [3.63, 3.8) is 0 Å². The van der Waals surface area contributed by atoms with Crippen LogP contribution in [0.3, 0.4) is 0 Å². The topological polar surface area (TPSA) is 287 Å². The molecular weight excluding hydrogens is 708 g/mol. The molecule has 296 valence electrons. The fourth-order valence-electron chi connectivity index (χ4n) is 6.43. The van der Waals surface area contributed by atoms with E-state index in [-0.39, 0.29) is 65.4 Å². The molecule has 54 heavy (non-hydrogen) atoms. The Hall–Kier alpha value is -4.98. The molecule has 2 unspecified atom stereocenters. The van der Waals surface area contributed by atoms with E-state index in [4.69, 9.17) is 10.2 Å². The van der Waals surface area contributed by atoms with Gasteiger partial charge in [0.05, 0.1) is 25.4 Å². The molecule has 3 rings (SSSR count). The number of anilines is 2. The summed E-state index contributed by atoms with van der Waals surface area (Å²) in [7, 11) is 0. The standard InChI is InChI=1S/C36H50N6O12/c1-17-25(10-26(40-27(49)15-45)18(2)29(17)34(52)37-11-23(47)13-43)33(51)39-22-6-8-42(9-7-22)36(54)31-19(3)30(35(53)38-12-24(48)14-44)20(4)32(21(31)5)41-28(50)16-46/h10,22-24,43-48H,6-9,11-16H2,1-5H3,(H,37,52)(H,38,53)(H,39,51)(H,40,49)(H,41,50). The van der Waals surface area contributed by atoms with Gasteiger partial charge in [-0.25, -0.2) is 0 Å². The van der Waals surface area contributed by atoms with Crippen LogP contribution in [0.4, 0.5) is 11.4 Å². The lowest BCUT2D eigenvalue weighted by Gasteiger charge is -2.34. The lowest BCUT2D eigenvalue weighted by atomic mass is 9.89. The number of aliphatic hydroxyl groups excluding tert-OH is 6. The lowest BCUT2D eigenvalue weighted by Crippen LogP contribution is -2.47. The van der Waals surface area contributed by atoms with E-state index in [0.717, 1.165) is 0 Å². The minimum absolute atomic E-state index is 0.0532. The zero-order chi connectivity index (χ0) is 40.4. The number of nitrogens with zero attached hydrogens (tertiary/aromatic N) is 1. The maximum atomic E-state index is 14.1. The molecule has 1 heterocycles. The van der Waals surface area contributed by atoms with Crippen LogP contribution in [0, 0.1) is 34.6 Å². The highest BCUT2D eigenvalue weighted by Gasteiger charge is 2.32. The van der Waals surface area contributed by atoms with Gasteiger partial charge in [0.1, 0.15) is 13.2 Å². The van der Waals surface area contributed by atoms with Crippen LogP contribution >= 0.6 is 0 Å². The molecule has 2 aromatic rings. The molecule has 0 radical (unpaired) electrons. The smallest absolute Gasteiger partial charge is 0.254 e. The van der Waals surface area contributed by atoms with E-state index in [1.807, 2.05) is 0 Å². The van der Waals surface area contributed by atoms with Crippen LogP contribution < -0.4 is 26.6 Å². The highest BCUT2D eigenvalue weighted by atomic mass is 16.3. The molecule has 0 aromatic heterocycles. The molecule has 0 aliphatic carbocycles. The zero-order valence-electron chi connectivity index (χ0n) is 31.0. The number of likely N-dealkylation sites (tertiary alicyclic amines) is 1. The predicted octanol–water partition coefficient (Wildman–Crippen LogP) is -1.71. The third kappa shape index (κ3) is 10.2. The van der Waals surface area contributed by atoms with Crippen molar-refractivity contribution in [3.8, 4) is 0 Å². The third-order valence-corrected chi connectivity index (χ3v) is 9.37. The van der Waals surface area contributed by atoms with Crippen molar-refractivity contribution in [2.24, 2.45) is 0 Å². The van der Waals surface area contributed by atoms with Gasteiger partial charge in [-0.1, -0.05) is 0 Å². The molecule has 6 amide bonds. The summed E-state index contributed by atoms with van der Waals surface area (Å²) in [4.78, 5) is 80.1. The van der Waals surface area contributed by atoms with E-state index in [9.17, 15) is 49.2 Å². The Bertz CT molecular complexity index is 1770. The van der Waals surface area contributed by atoms with Gasteiger partial charge in [-0.05, 0) is 81.3 Å². The largest absolute Gasteiger partial charge is 0.394 e. The summed E-state index contributed by atoms with van der Waals surface area (Å²) in [5.74, 6) is -3.87. The van der Waals surface area contributed by atoms with E-state index in [1.165, 1.54) is 6.07 Å². The van der Waals surface area contributed by atoms with Gasteiger partial charge in [-0.15, -0.1) is 0 Å². The lowest BCUT2D eigenvalue weighted by molar-refractivity contribution is -0.119. The number of amides is 6. The molecule has 18 heteroatoms. The minimum Gasteiger partial charge on any atom is -0.394 e. The van der Waals surface area contributed by atoms with Gasteiger partial charge >= 0.3 is 0 Å². The Balaban J connectivity index is 1.88. The normalized spacial score (nSPS) is 14.2. The molecule has 11 N–H and O–H groups in total. The molecule has 1 aliphatic heterocycles. The third-order valence-electron chi connectivity index (χ3n) is 9.37. The van der Waals surface area contributed by atoms with Crippen LogP contribution in [0.5, 0.6) is 0 Å². The van der Waals surface area contributed by atoms with Gasteiger partial charge in [0, 0.05) is 65.8 Å². The summed E-state index contributed by atoms with van der Waals surface area (Å²) in [6.07, 6.45) is -1.82. The first kappa shape index (κ1) is 43.4. The summed E-state index contributed by atoms with van der Waals surface area (Å²) >= 11 is 0. The van der Waals surface area contributed by atoms with E-state index in [0.29, 0.717) is 35.1 Å². The number of aliphatic hydroxyl groups is 6. The number of rotatable bonds is 15. The molecule has 2 atom stereocenters. The van der Waals surface area contributed by atoms with Crippen LogP contribution in [-0.2, 0) is 9.59 Å². The summed E-state index contributed by atoms with van der Waals surface area (Å²) < 4.78 is 0. The minimum atomic E-state index is -1.22. The average Bonchev–Trinajstić information content (AvgIpc) is 3.15. The number of hydrogen-bond acceptors (Lipinski definition) is 12. The van der Waals surface area contributed by atoms with Crippen LogP contribution in [0.2, 0.25) is 0 Å². The second kappa shape index (κ2) is 19.4. The van der Waals surface area contributed by atoms with Gasteiger partial charge in [0.2, 0.25) is 11.8 Å². The molecular formula is C36H50N6O12. The number of piperidine rings is 1. The number of carbonyl (C=O) groups excluding carboxylic acids is 6. The Morgan fingerprint density at radius 2 is 1.15 bits per heavy atom. The molecule has 1 saturated heterocycles. The van der Waals surface area contributed by atoms with E-state index < -0.39 is 80.1 Å². The van der Waals surface area contributed by atoms with Crippen molar-refractivity contribution < 1.29 is 59.4 Å². The van der Waals surface area contributed by atoms with Crippen molar-refractivity contribution in [2.75, 3.05) is 63.2 Å². The molecule has 18 nitrogen and oxygen atoms in total. The van der Waals surface area contributed by atoms with Crippen molar-refractivity contribution in [2.45, 2.75) is 65.7 Å². The Labute approximate surface area is 311 Å². The Morgan fingerprint density at radius 1 is 0.667 bits per heavy atom. The first-order valence-corrected chi connectivity index (χ1v) is 17.3. The molecule has 1 aliphatic rings. The van der Waals surface area contributed by atoms with Crippen molar-refractivity contribution in [3.05, 3.63) is 56.1 Å². The first-order valence-electron chi connectivity index (χ1n) is 17.3. The van der Waals surface area contributed by atoms with Crippen LogP contribution in [0.25, 0.3) is 0 Å². The van der Waals surface area contributed by atoms with Crippen LogP contribution in [0.1, 0.15) is 82.1 Å². The average molecular weight is 759 g/mol. The SMILES string of the molecule is Cc1c(NC(=O)CO)cc(C(=O)NC2CCN(C(=O)c3c(C)c(NC(=O)CO)c(C)c(C(=O)NCC(O)CO)c3C)CC2)c(C)c1C(=O)NCC(O)CO. The summed E-state index contributed by atoms with van der Waals surface area (Å²) in [6.45, 7) is 4.81. The van der Waals surface area contributed by atoms with Gasteiger partial charge in [0.15, 0.2) is 0 Å². The Morgan fingerprint density at radius 3 is 1.65 bits per heavy atom. The van der Waals surface area contributed by atoms with Gasteiger partial charge in [-0.3, -0.25) is 28.8 Å². The van der Waals surface area contributed by atoms with E-state index >= 15 is 0 Å². The van der Waals surface area contributed by atoms with Gasteiger partial charge < -0.3 is 62.1 Å². The predicted molar refractivity (Wildman–Crippen MR) is 195 cm³/mol. The monoisotopic (exact) mass is 758 g/mol. The summed E-state index contributed by atoms with van der Waals surface area (Å²) in [5.41, 5.74) is 2.19. The molecule has 0 saturated carbocycles. The van der Waals surface area contributed by atoms with Gasteiger partial charge in [0.25, 0.3) is 23.6 Å². The van der Waals surface area contributed by atoms with Gasteiger partial charge in [-0.2, -0.15) is 0 Å². The summed E-state index contributed by atoms with van der Waals surface area (Å²) in [6, 6.07) is 0.966. The zero-order valence-corrected chi connectivity index (χ0v) is 31.0. The highest BCUT2D eigenvalue weighted by Crippen LogP contribution is 2.33. The highest BCUT2D eigenvalue weighted by molar-refractivity contribution is 6.08. The van der Waals surface area contributed by atoms with Crippen molar-refractivity contribution in [1.29, 1.82) is 0 Å². The molecule has 2 aromatic carbocycles. The maximum Gasteiger partial charge on any atom is 0.254 e. The molecule has 0 bridgehead atoms. The second-order valence-corrected chi connectivity index (χ2v) is 13.1. The molecule has 0 spiro atoms. The number of benzene rings is 2.